The fourth-order valence-electron chi connectivity index (χ4n) is 5.18. The van der Waals surface area contributed by atoms with Gasteiger partial charge in [0.2, 0.25) is 21.8 Å². The maximum Gasteiger partial charge on any atom is 0.244 e. The number of sulfonamides is 1. The molecule has 0 heterocycles. The molecule has 0 bridgehead atoms. The second-order valence-electron chi connectivity index (χ2n) is 10.3. The van der Waals surface area contributed by atoms with Crippen molar-refractivity contribution in [2.24, 2.45) is 0 Å². The van der Waals surface area contributed by atoms with Crippen LogP contribution in [0.25, 0.3) is 10.8 Å². The van der Waals surface area contributed by atoms with Gasteiger partial charge >= 0.3 is 0 Å². The molecule has 1 atom stereocenters. The second-order valence-corrected chi connectivity index (χ2v) is 12.2. The van der Waals surface area contributed by atoms with Gasteiger partial charge in [0.1, 0.15) is 12.6 Å². The number of anilines is 1. The number of nitrogens with one attached hydrogen (secondary N) is 1. The Morgan fingerprint density at radius 3 is 2.37 bits per heavy atom. The van der Waals surface area contributed by atoms with E-state index >= 15 is 0 Å². The zero-order valence-corrected chi connectivity index (χ0v) is 23.2. The summed E-state index contributed by atoms with van der Waals surface area (Å²) in [4.78, 5) is 28.7. The number of rotatable bonds is 9. The fourth-order valence-corrected chi connectivity index (χ4v) is 6.04. The van der Waals surface area contributed by atoms with Gasteiger partial charge in [0.15, 0.2) is 0 Å². The van der Waals surface area contributed by atoms with E-state index in [0.29, 0.717) is 5.69 Å². The summed E-state index contributed by atoms with van der Waals surface area (Å²) in [7, 11) is -3.80. The lowest BCUT2D eigenvalue weighted by Gasteiger charge is -2.33. The van der Waals surface area contributed by atoms with E-state index in [2.05, 4.69) is 5.32 Å². The van der Waals surface area contributed by atoms with Crippen molar-refractivity contribution in [3.05, 3.63) is 77.9 Å². The number of benzene rings is 3. The predicted octanol–water partition coefficient (Wildman–Crippen LogP) is 4.78. The maximum atomic E-state index is 13.9. The molecule has 1 fully saturated rings. The van der Waals surface area contributed by atoms with E-state index in [1.54, 1.807) is 19.1 Å². The Bertz CT molecular complexity index is 1390. The van der Waals surface area contributed by atoms with Crippen LogP contribution in [-0.4, -0.2) is 50.0 Å². The molecule has 0 radical (unpaired) electrons. The van der Waals surface area contributed by atoms with Gasteiger partial charge in [0.25, 0.3) is 0 Å². The standard InChI is InChI=1S/C30H37N3O4S/c1-22-11-9-12-24(19-22)20-32(23(2)30(35)31-26-15-5-4-6-16-26)29(34)21-33(38(3,36)37)28-18-10-14-25-13-7-8-17-27(25)28/h7-14,17-19,23,26H,4-6,15-16,20-21H2,1-3H3,(H,31,35). The highest BCUT2D eigenvalue weighted by atomic mass is 32.2. The highest BCUT2D eigenvalue weighted by Gasteiger charge is 2.31. The first kappa shape index (κ1) is 27.6. The molecule has 1 N–H and O–H groups in total. The summed E-state index contributed by atoms with van der Waals surface area (Å²) in [5, 5.41) is 4.74. The number of hydrogen-bond donors (Lipinski definition) is 1. The summed E-state index contributed by atoms with van der Waals surface area (Å²) < 4.78 is 27.1. The summed E-state index contributed by atoms with van der Waals surface area (Å²) in [5.41, 5.74) is 2.36. The van der Waals surface area contributed by atoms with Crippen LogP contribution >= 0.6 is 0 Å². The monoisotopic (exact) mass is 535 g/mol. The average molecular weight is 536 g/mol. The second kappa shape index (κ2) is 12.0. The molecule has 38 heavy (non-hydrogen) atoms. The summed E-state index contributed by atoms with van der Waals surface area (Å²) in [5.74, 6) is -0.648. The Labute approximate surface area is 225 Å². The lowest BCUT2D eigenvalue weighted by molar-refractivity contribution is -0.139. The third kappa shape index (κ3) is 6.72. The number of hydrogen-bond acceptors (Lipinski definition) is 4. The first-order valence-electron chi connectivity index (χ1n) is 13.2. The number of nitrogens with zero attached hydrogens (tertiary/aromatic N) is 2. The van der Waals surface area contributed by atoms with Gasteiger partial charge in [-0.1, -0.05) is 85.5 Å². The molecule has 3 aromatic carbocycles. The molecule has 7 nitrogen and oxygen atoms in total. The molecule has 0 saturated heterocycles. The molecule has 1 aliphatic rings. The quantitative estimate of drug-likeness (QED) is 0.427. The molecule has 0 aromatic heterocycles. The maximum absolute atomic E-state index is 13.9. The van der Waals surface area contributed by atoms with Crippen molar-refractivity contribution in [3.8, 4) is 0 Å². The van der Waals surface area contributed by atoms with Gasteiger partial charge in [-0.25, -0.2) is 8.42 Å². The molecule has 8 heteroatoms. The highest BCUT2D eigenvalue weighted by molar-refractivity contribution is 7.92. The van der Waals surface area contributed by atoms with Crippen molar-refractivity contribution in [2.45, 2.75) is 64.6 Å². The zero-order valence-electron chi connectivity index (χ0n) is 22.4. The fraction of sp³-hybridized carbons (Fsp3) is 0.400. The van der Waals surface area contributed by atoms with Crippen molar-refractivity contribution < 1.29 is 18.0 Å². The van der Waals surface area contributed by atoms with E-state index < -0.39 is 28.5 Å². The summed E-state index contributed by atoms with van der Waals surface area (Å²) in [6, 6.07) is 20.0. The van der Waals surface area contributed by atoms with Crippen LogP contribution in [-0.2, 0) is 26.2 Å². The molecule has 2 amide bonds. The van der Waals surface area contributed by atoms with Gasteiger partial charge in [-0.15, -0.1) is 0 Å². The molecule has 0 aliphatic heterocycles. The zero-order chi connectivity index (χ0) is 27.3. The Kier molecular flexibility index (Phi) is 8.72. The molecule has 1 aliphatic carbocycles. The predicted molar refractivity (Wildman–Crippen MR) is 152 cm³/mol. The minimum atomic E-state index is -3.80. The van der Waals surface area contributed by atoms with Crippen molar-refractivity contribution in [1.82, 2.24) is 10.2 Å². The van der Waals surface area contributed by atoms with Crippen LogP contribution in [0.1, 0.15) is 50.2 Å². The number of aryl methyl sites for hydroxylation is 1. The summed E-state index contributed by atoms with van der Waals surface area (Å²) >= 11 is 0. The Hall–Kier alpha value is -3.39. The van der Waals surface area contributed by atoms with Crippen molar-refractivity contribution in [2.75, 3.05) is 17.1 Å². The Morgan fingerprint density at radius 1 is 0.974 bits per heavy atom. The molecule has 3 aromatic rings. The molecule has 4 rings (SSSR count). The van der Waals surface area contributed by atoms with Gasteiger partial charge < -0.3 is 10.2 Å². The molecule has 1 unspecified atom stereocenters. The average Bonchev–Trinajstić information content (AvgIpc) is 2.89. The third-order valence-corrected chi connectivity index (χ3v) is 8.40. The molecular formula is C30H37N3O4S. The van der Waals surface area contributed by atoms with Crippen LogP contribution in [0.4, 0.5) is 5.69 Å². The molecule has 1 saturated carbocycles. The van der Waals surface area contributed by atoms with Crippen molar-refractivity contribution in [1.29, 1.82) is 0 Å². The first-order valence-corrected chi connectivity index (χ1v) is 15.1. The summed E-state index contributed by atoms with van der Waals surface area (Å²) in [6.45, 7) is 3.49. The number of carbonyl (C=O) groups is 2. The SMILES string of the molecule is Cc1cccc(CN(C(=O)CN(c2cccc3ccccc23)S(C)(=O)=O)C(C)C(=O)NC2CCCCC2)c1. The van der Waals surface area contributed by atoms with E-state index in [1.807, 2.05) is 61.5 Å². The van der Waals surface area contributed by atoms with E-state index in [9.17, 15) is 18.0 Å². The van der Waals surface area contributed by atoms with Crippen molar-refractivity contribution in [3.63, 3.8) is 0 Å². The van der Waals surface area contributed by atoms with Crippen LogP contribution in [0.3, 0.4) is 0 Å². The van der Waals surface area contributed by atoms with Crippen LogP contribution in [0.2, 0.25) is 0 Å². The van der Waals surface area contributed by atoms with E-state index in [1.165, 1.54) is 11.3 Å². The van der Waals surface area contributed by atoms with E-state index in [0.717, 1.165) is 58.1 Å². The van der Waals surface area contributed by atoms with E-state index in [-0.39, 0.29) is 18.5 Å². The lowest BCUT2D eigenvalue weighted by atomic mass is 9.95. The largest absolute Gasteiger partial charge is 0.352 e. The minimum absolute atomic E-state index is 0.109. The van der Waals surface area contributed by atoms with Crippen LogP contribution in [0.15, 0.2) is 66.7 Å². The highest BCUT2D eigenvalue weighted by Crippen LogP contribution is 2.29. The topological polar surface area (TPSA) is 86.8 Å². The van der Waals surface area contributed by atoms with Gasteiger partial charge in [-0.05, 0) is 43.7 Å². The number of amides is 2. The van der Waals surface area contributed by atoms with Crippen molar-refractivity contribution >= 4 is 38.3 Å². The minimum Gasteiger partial charge on any atom is -0.352 e. The van der Waals surface area contributed by atoms with Gasteiger partial charge in [0, 0.05) is 18.0 Å². The smallest absolute Gasteiger partial charge is 0.244 e. The van der Waals surface area contributed by atoms with Crippen LogP contribution in [0.5, 0.6) is 0 Å². The molecule has 202 valence electrons. The number of fused-ring (bicyclic) bond motifs is 1. The van der Waals surface area contributed by atoms with Crippen LogP contribution in [0, 0.1) is 6.92 Å². The van der Waals surface area contributed by atoms with E-state index in [4.69, 9.17) is 0 Å². The molecule has 0 spiro atoms. The number of carbonyl (C=O) groups excluding carboxylic acids is 2. The molecular weight excluding hydrogens is 498 g/mol. The third-order valence-electron chi connectivity index (χ3n) is 7.27. The summed E-state index contributed by atoms with van der Waals surface area (Å²) in [6.07, 6.45) is 6.32. The Morgan fingerprint density at radius 2 is 1.66 bits per heavy atom. The normalized spacial score (nSPS) is 15.1. The lowest BCUT2D eigenvalue weighted by Crippen LogP contribution is -2.53. The van der Waals surface area contributed by atoms with Gasteiger partial charge in [-0.2, -0.15) is 0 Å². The first-order chi connectivity index (χ1) is 18.1. The Balaban J connectivity index is 1.64. The van der Waals surface area contributed by atoms with Gasteiger partial charge in [0.05, 0.1) is 11.9 Å². The van der Waals surface area contributed by atoms with Gasteiger partial charge in [-0.3, -0.25) is 13.9 Å². The van der Waals surface area contributed by atoms with Crippen LogP contribution < -0.4 is 9.62 Å².